The van der Waals surface area contributed by atoms with Crippen LogP contribution in [0.5, 0.6) is 0 Å². The highest BCUT2D eigenvalue weighted by atomic mass is 32.2. The van der Waals surface area contributed by atoms with Crippen LogP contribution in [-0.4, -0.2) is 44.6 Å². The van der Waals surface area contributed by atoms with Crippen molar-refractivity contribution in [2.45, 2.75) is 24.7 Å². The molecule has 152 valence electrons. The van der Waals surface area contributed by atoms with Crippen LogP contribution in [0.25, 0.3) is 0 Å². The third-order valence-corrected chi connectivity index (χ3v) is 5.76. The lowest BCUT2D eigenvalue weighted by Crippen LogP contribution is -2.20. The van der Waals surface area contributed by atoms with Crippen molar-refractivity contribution in [3.05, 3.63) is 54.1 Å². The van der Waals surface area contributed by atoms with E-state index in [0.717, 1.165) is 13.0 Å². The van der Waals surface area contributed by atoms with Crippen LogP contribution < -0.4 is 10.6 Å². The lowest BCUT2D eigenvalue weighted by molar-refractivity contribution is -0.114. The predicted molar refractivity (Wildman–Crippen MR) is 112 cm³/mol. The molecule has 2 aromatic rings. The number of sulfonamides is 1. The van der Waals surface area contributed by atoms with E-state index in [1.807, 2.05) is 11.9 Å². The fourth-order valence-electron chi connectivity index (χ4n) is 2.92. The van der Waals surface area contributed by atoms with Gasteiger partial charge >= 0.3 is 0 Å². The van der Waals surface area contributed by atoms with Crippen molar-refractivity contribution in [1.82, 2.24) is 4.90 Å². The van der Waals surface area contributed by atoms with Gasteiger partial charge in [0.25, 0.3) is 15.9 Å². The van der Waals surface area contributed by atoms with Gasteiger partial charge in [-0.25, -0.2) is 0 Å². The smallest absolute Gasteiger partial charge is 0.283 e. The van der Waals surface area contributed by atoms with Crippen molar-refractivity contribution < 1.29 is 18.0 Å². The number of anilines is 2. The molecule has 0 aliphatic carbocycles. The van der Waals surface area contributed by atoms with E-state index < -0.39 is 10.0 Å². The zero-order valence-electron chi connectivity index (χ0n) is 16.2. The summed E-state index contributed by atoms with van der Waals surface area (Å²) in [4.78, 5) is 25.3. The molecule has 1 aliphatic heterocycles. The number of nitrogens with zero attached hydrogens (tertiary/aromatic N) is 2. The maximum absolute atomic E-state index is 12.5. The van der Waals surface area contributed by atoms with Gasteiger partial charge in [0.05, 0.1) is 4.90 Å². The lowest BCUT2D eigenvalue weighted by Gasteiger charge is -2.11. The summed E-state index contributed by atoms with van der Waals surface area (Å²) in [5.74, 6) is 0.0230. The number of amides is 2. The molecule has 0 spiro atoms. The Morgan fingerprint density at radius 3 is 2.10 bits per heavy atom. The molecular formula is C20H22N4O4S. The topological polar surface area (TPSA) is 108 Å². The first kappa shape index (κ1) is 20.5. The molecule has 2 amide bonds. The van der Waals surface area contributed by atoms with E-state index in [9.17, 15) is 18.0 Å². The highest BCUT2D eigenvalue weighted by Crippen LogP contribution is 2.20. The minimum Gasteiger partial charge on any atom is -0.362 e. The standard InChI is InChI=1S/C20H22N4O4S/c1-14(25)21-16-7-5-15(6-8-16)20(26)22-17-9-11-18(12-10-17)29(27,28)23-19-4-3-13-24(19)2/h5-12H,3-4,13H2,1-2H3,(H,21,25)(H,22,26)/b23-19-. The van der Waals surface area contributed by atoms with Gasteiger partial charge in [-0.15, -0.1) is 4.40 Å². The molecule has 0 aromatic heterocycles. The Hall–Kier alpha value is -3.20. The zero-order chi connectivity index (χ0) is 21.0. The molecule has 0 saturated carbocycles. The summed E-state index contributed by atoms with van der Waals surface area (Å²) < 4.78 is 28.9. The number of likely N-dealkylation sites (tertiary alicyclic amines) is 1. The van der Waals surface area contributed by atoms with Crippen LogP contribution in [0.1, 0.15) is 30.1 Å². The Morgan fingerprint density at radius 2 is 1.55 bits per heavy atom. The molecular weight excluding hydrogens is 392 g/mol. The minimum atomic E-state index is -3.79. The van der Waals surface area contributed by atoms with E-state index in [1.54, 1.807) is 24.3 Å². The van der Waals surface area contributed by atoms with Gasteiger partial charge in [-0.3, -0.25) is 9.59 Å². The Balaban J connectivity index is 1.68. The average molecular weight is 414 g/mol. The maximum Gasteiger partial charge on any atom is 0.283 e. The molecule has 1 heterocycles. The van der Waals surface area contributed by atoms with Gasteiger partial charge in [-0.05, 0) is 55.0 Å². The Kier molecular flexibility index (Phi) is 5.97. The second-order valence-electron chi connectivity index (χ2n) is 6.74. The van der Waals surface area contributed by atoms with Crippen molar-refractivity contribution in [3.63, 3.8) is 0 Å². The van der Waals surface area contributed by atoms with E-state index >= 15 is 0 Å². The zero-order valence-corrected chi connectivity index (χ0v) is 17.0. The SMILES string of the molecule is CC(=O)Nc1ccc(C(=O)Nc2ccc(S(=O)(=O)/N=C3/CCCN3C)cc2)cc1. The fourth-order valence-corrected chi connectivity index (χ4v) is 4.02. The summed E-state index contributed by atoms with van der Waals surface area (Å²) in [6.07, 6.45) is 1.53. The molecule has 0 radical (unpaired) electrons. The number of rotatable bonds is 5. The summed E-state index contributed by atoms with van der Waals surface area (Å²) in [6.45, 7) is 2.20. The first-order chi connectivity index (χ1) is 13.7. The van der Waals surface area contributed by atoms with Crippen molar-refractivity contribution in [2.75, 3.05) is 24.2 Å². The minimum absolute atomic E-state index is 0.0722. The number of benzene rings is 2. The molecule has 2 aromatic carbocycles. The largest absolute Gasteiger partial charge is 0.362 e. The number of amidine groups is 1. The number of carbonyl (C=O) groups is 2. The van der Waals surface area contributed by atoms with Crippen molar-refractivity contribution in [2.24, 2.45) is 4.40 Å². The molecule has 0 bridgehead atoms. The second-order valence-corrected chi connectivity index (χ2v) is 8.35. The van der Waals surface area contributed by atoms with Crippen LogP contribution in [0, 0.1) is 0 Å². The quantitative estimate of drug-likeness (QED) is 0.782. The first-order valence-corrected chi connectivity index (χ1v) is 10.5. The van der Waals surface area contributed by atoms with Gasteiger partial charge in [-0.2, -0.15) is 8.42 Å². The van der Waals surface area contributed by atoms with Crippen LogP contribution in [0.2, 0.25) is 0 Å². The molecule has 2 N–H and O–H groups in total. The van der Waals surface area contributed by atoms with Gasteiger partial charge in [0.1, 0.15) is 5.84 Å². The van der Waals surface area contributed by atoms with E-state index in [2.05, 4.69) is 15.0 Å². The summed E-state index contributed by atoms with van der Waals surface area (Å²) in [6, 6.07) is 12.3. The summed E-state index contributed by atoms with van der Waals surface area (Å²) in [7, 11) is -1.97. The second kappa shape index (κ2) is 8.44. The van der Waals surface area contributed by atoms with E-state index in [0.29, 0.717) is 29.2 Å². The van der Waals surface area contributed by atoms with E-state index in [-0.39, 0.29) is 16.7 Å². The molecule has 1 saturated heterocycles. The number of hydrogen-bond acceptors (Lipinski definition) is 4. The number of carbonyl (C=O) groups excluding carboxylic acids is 2. The van der Waals surface area contributed by atoms with Gasteiger partial charge in [0, 0.05) is 43.9 Å². The average Bonchev–Trinajstić information content (AvgIpc) is 3.06. The van der Waals surface area contributed by atoms with Crippen LogP contribution in [0.3, 0.4) is 0 Å². The molecule has 9 heteroatoms. The number of nitrogens with one attached hydrogen (secondary N) is 2. The Labute approximate surface area is 169 Å². The van der Waals surface area contributed by atoms with Gasteiger partial charge in [0.15, 0.2) is 0 Å². The highest BCUT2D eigenvalue weighted by molar-refractivity contribution is 7.90. The summed E-state index contributed by atoms with van der Waals surface area (Å²) in [5.41, 5.74) is 1.47. The lowest BCUT2D eigenvalue weighted by atomic mass is 10.2. The molecule has 1 aliphatic rings. The molecule has 0 unspecified atom stereocenters. The fraction of sp³-hybridized carbons (Fsp3) is 0.250. The van der Waals surface area contributed by atoms with Crippen molar-refractivity contribution in [1.29, 1.82) is 0 Å². The Morgan fingerprint density at radius 1 is 0.966 bits per heavy atom. The van der Waals surface area contributed by atoms with Gasteiger partial charge < -0.3 is 15.5 Å². The first-order valence-electron chi connectivity index (χ1n) is 9.09. The van der Waals surface area contributed by atoms with E-state index in [1.165, 1.54) is 31.2 Å². The van der Waals surface area contributed by atoms with Gasteiger partial charge in [-0.1, -0.05) is 0 Å². The maximum atomic E-state index is 12.5. The molecule has 8 nitrogen and oxygen atoms in total. The van der Waals surface area contributed by atoms with Crippen LogP contribution in [-0.2, 0) is 14.8 Å². The predicted octanol–water partition coefficient (Wildman–Crippen LogP) is 2.71. The van der Waals surface area contributed by atoms with Crippen LogP contribution in [0.4, 0.5) is 11.4 Å². The van der Waals surface area contributed by atoms with Crippen LogP contribution >= 0.6 is 0 Å². The van der Waals surface area contributed by atoms with Crippen molar-refractivity contribution >= 4 is 39.0 Å². The molecule has 0 atom stereocenters. The highest BCUT2D eigenvalue weighted by Gasteiger charge is 2.20. The summed E-state index contributed by atoms with van der Waals surface area (Å²) in [5, 5.41) is 5.34. The monoisotopic (exact) mass is 414 g/mol. The third kappa shape index (κ3) is 5.20. The summed E-state index contributed by atoms with van der Waals surface area (Å²) >= 11 is 0. The number of hydrogen-bond donors (Lipinski definition) is 2. The van der Waals surface area contributed by atoms with Crippen LogP contribution in [0.15, 0.2) is 57.8 Å². The van der Waals surface area contributed by atoms with E-state index in [4.69, 9.17) is 0 Å². The molecule has 29 heavy (non-hydrogen) atoms. The molecule has 3 rings (SSSR count). The third-order valence-electron chi connectivity index (χ3n) is 4.44. The normalized spacial score (nSPS) is 15.4. The molecule has 1 fully saturated rings. The van der Waals surface area contributed by atoms with Crippen molar-refractivity contribution in [3.8, 4) is 0 Å². The Bertz CT molecular complexity index is 1040. The van der Waals surface area contributed by atoms with Gasteiger partial charge in [0.2, 0.25) is 5.91 Å².